The molecule has 1 aliphatic heterocycles. The molecule has 0 spiro atoms. The third-order valence-electron chi connectivity index (χ3n) is 3.74. The number of rotatable bonds is 3. The summed E-state index contributed by atoms with van der Waals surface area (Å²) in [5, 5.41) is 0.712. The van der Waals surface area contributed by atoms with Crippen molar-refractivity contribution in [3.8, 4) is 5.88 Å². The highest BCUT2D eigenvalue weighted by Gasteiger charge is 2.29. The second-order valence-corrected chi connectivity index (χ2v) is 5.71. The highest BCUT2D eigenvalue weighted by Crippen LogP contribution is 2.29. The molecule has 1 saturated heterocycles. The van der Waals surface area contributed by atoms with Crippen molar-refractivity contribution in [3.05, 3.63) is 47.1 Å². The molecule has 0 aliphatic carbocycles. The van der Waals surface area contributed by atoms with Crippen molar-refractivity contribution in [1.82, 2.24) is 9.97 Å². The van der Waals surface area contributed by atoms with Crippen LogP contribution >= 0.6 is 11.6 Å². The summed E-state index contributed by atoms with van der Waals surface area (Å²) in [5.74, 6) is 1.21. The molecule has 3 rings (SSSR count). The smallest absolute Gasteiger partial charge is 0.229 e. The van der Waals surface area contributed by atoms with E-state index in [2.05, 4.69) is 21.8 Å². The number of nitrogens with zero attached hydrogens (tertiary/aromatic N) is 3. The number of anilines is 1. The maximum absolute atomic E-state index is 6.08. The summed E-state index contributed by atoms with van der Waals surface area (Å²) in [6.07, 6.45) is 1.65. The fraction of sp³-hybridized carbons (Fsp3) is 0.375. The molecule has 5 nitrogen and oxygen atoms in total. The molecular formula is C16H18ClN3O2. The van der Waals surface area contributed by atoms with Gasteiger partial charge in [-0.25, -0.2) is 4.98 Å². The lowest BCUT2D eigenvalue weighted by molar-refractivity contribution is 0.0208. The first kappa shape index (κ1) is 15.1. The Bertz CT molecular complexity index is 653. The van der Waals surface area contributed by atoms with Gasteiger partial charge in [0.05, 0.1) is 26.3 Å². The van der Waals surface area contributed by atoms with Gasteiger partial charge in [0.25, 0.3) is 0 Å². The van der Waals surface area contributed by atoms with E-state index in [9.17, 15) is 0 Å². The molecule has 116 valence electrons. The molecule has 22 heavy (non-hydrogen) atoms. The highest BCUT2D eigenvalue weighted by molar-refractivity contribution is 6.30. The lowest BCUT2D eigenvalue weighted by Gasteiger charge is -2.38. The Hall–Kier alpha value is -1.85. The van der Waals surface area contributed by atoms with E-state index in [0.717, 1.165) is 5.56 Å². The molecule has 0 amide bonds. The zero-order valence-electron chi connectivity index (χ0n) is 12.6. The van der Waals surface area contributed by atoms with Crippen LogP contribution in [0, 0.1) is 0 Å². The van der Waals surface area contributed by atoms with E-state index in [1.165, 1.54) is 0 Å². The molecule has 6 heteroatoms. The first-order valence-corrected chi connectivity index (χ1v) is 7.56. The molecule has 0 bridgehead atoms. The number of morpholine rings is 1. The van der Waals surface area contributed by atoms with Gasteiger partial charge >= 0.3 is 0 Å². The Kier molecular flexibility index (Phi) is 4.45. The lowest BCUT2D eigenvalue weighted by Crippen LogP contribution is -2.46. The van der Waals surface area contributed by atoms with E-state index in [1.807, 2.05) is 24.3 Å². The average molecular weight is 320 g/mol. The summed E-state index contributed by atoms with van der Waals surface area (Å²) in [4.78, 5) is 10.9. The minimum absolute atomic E-state index is 0.0512. The van der Waals surface area contributed by atoms with Crippen molar-refractivity contribution in [2.45, 2.75) is 19.1 Å². The van der Waals surface area contributed by atoms with Crippen molar-refractivity contribution < 1.29 is 9.47 Å². The summed E-state index contributed by atoms with van der Waals surface area (Å²) in [6.45, 7) is 3.38. The Morgan fingerprint density at radius 3 is 3.00 bits per heavy atom. The number of hydrogen-bond acceptors (Lipinski definition) is 5. The Morgan fingerprint density at radius 2 is 2.23 bits per heavy atom. The second kappa shape index (κ2) is 6.50. The van der Waals surface area contributed by atoms with Gasteiger partial charge in [0.2, 0.25) is 11.8 Å². The molecule has 0 radical (unpaired) electrons. The van der Waals surface area contributed by atoms with E-state index >= 15 is 0 Å². The predicted molar refractivity (Wildman–Crippen MR) is 85.5 cm³/mol. The van der Waals surface area contributed by atoms with Gasteiger partial charge in [-0.05, 0) is 24.6 Å². The normalized spacial score (nSPS) is 21.7. The SMILES string of the molecule is COc1ccnc(N2CC(c3cccc(Cl)c3)OCC2C)n1. The van der Waals surface area contributed by atoms with Gasteiger partial charge in [0.1, 0.15) is 6.10 Å². The van der Waals surface area contributed by atoms with Crippen LogP contribution in [0.5, 0.6) is 5.88 Å². The molecule has 1 aromatic carbocycles. The van der Waals surface area contributed by atoms with Gasteiger partial charge in [0, 0.05) is 17.3 Å². The number of benzene rings is 1. The van der Waals surface area contributed by atoms with E-state index in [-0.39, 0.29) is 12.1 Å². The van der Waals surface area contributed by atoms with E-state index in [1.54, 1.807) is 19.4 Å². The van der Waals surface area contributed by atoms with Gasteiger partial charge in [-0.15, -0.1) is 0 Å². The zero-order valence-corrected chi connectivity index (χ0v) is 13.3. The second-order valence-electron chi connectivity index (χ2n) is 5.28. The quantitative estimate of drug-likeness (QED) is 0.870. The first-order chi connectivity index (χ1) is 10.7. The molecule has 1 aliphatic rings. The summed E-state index contributed by atoms with van der Waals surface area (Å²) in [5.41, 5.74) is 1.06. The monoisotopic (exact) mass is 319 g/mol. The number of aromatic nitrogens is 2. The number of halogens is 1. The lowest BCUT2D eigenvalue weighted by atomic mass is 10.1. The third kappa shape index (κ3) is 3.15. The first-order valence-electron chi connectivity index (χ1n) is 7.18. The van der Waals surface area contributed by atoms with Gasteiger partial charge < -0.3 is 14.4 Å². The van der Waals surface area contributed by atoms with Crippen LogP contribution in [0.15, 0.2) is 36.5 Å². The molecule has 1 fully saturated rings. The van der Waals surface area contributed by atoms with Crippen molar-refractivity contribution in [2.24, 2.45) is 0 Å². The van der Waals surface area contributed by atoms with E-state index in [0.29, 0.717) is 30.0 Å². The molecule has 2 unspecified atom stereocenters. The molecule has 0 saturated carbocycles. The minimum atomic E-state index is -0.0512. The summed E-state index contributed by atoms with van der Waals surface area (Å²) >= 11 is 6.08. The van der Waals surface area contributed by atoms with E-state index in [4.69, 9.17) is 21.1 Å². The summed E-state index contributed by atoms with van der Waals surface area (Å²) < 4.78 is 11.1. The molecule has 1 aromatic heterocycles. The van der Waals surface area contributed by atoms with Crippen LogP contribution in [0.3, 0.4) is 0 Å². The standard InChI is InChI=1S/C16H18ClN3O2/c1-11-10-22-14(12-4-3-5-13(17)8-12)9-20(11)16-18-7-6-15(19-16)21-2/h3-8,11,14H,9-10H2,1-2H3. The topological polar surface area (TPSA) is 47.5 Å². The fourth-order valence-corrected chi connectivity index (χ4v) is 2.73. The summed E-state index contributed by atoms with van der Waals surface area (Å²) in [7, 11) is 1.60. The zero-order chi connectivity index (χ0) is 15.5. The van der Waals surface area contributed by atoms with Crippen LogP contribution in [-0.4, -0.2) is 36.3 Å². The molecular weight excluding hydrogens is 302 g/mol. The van der Waals surface area contributed by atoms with Crippen LogP contribution in [0.25, 0.3) is 0 Å². The molecule has 2 aromatic rings. The highest BCUT2D eigenvalue weighted by atomic mass is 35.5. The van der Waals surface area contributed by atoms with Crippen molar-refractivity contribution >= 4 is 17.5 Å². The predicted octanol–water partition coefficient (Wildman–Crippen LogP) is 3.11. The summed E-state index contributed by atoms with van der Waals surface area (Å²) in [6, 6.07) is 9.69. The van der Waals surface area contributed by atoms with Crippen molar-refractivity contribution in [2.75, 3.05) is 25.2 Å². The van der Waals surface area contributed by atoms with Crippen LogP contribution in [-0.2, 0) is 4.74 Å². The van der Waals surface area contributed by atoms with Crippen LogP contribution in [0.4, 0.5) is 5.95 Å². The molecule has 0 N–H and O–H groups in total. The maximum atomic E-state index is 6.08. The third-order valence-corrected chi connectivity index (χ3v) is 3.97. The molecule has 2 atom stereocenters. The average Bonchev–Trinajstić information content (AvgIpc) is 2.55. The van der Waals surface area contributed by atoms with Gasteiger partial charge in [-0.1, -0.05) is 23.7 Å². The van der Waals surface area contributed by atoms with E-state index < -0.39 is 0 Å². The number of methoxy groups -OCH3 is 1. The minimum Gasteiger partial charge on any atom is -0.481 e. The van der Waals surface area contributed by atoms with Crippen molar-refractivity contribution in [3.63, 3.8) is 0 Å². The van der Waals surface area contributed by atoms with Crippen LogP contribution in [0.2, 0.25) is 5.02 Å². The fourth-order valence-electron chi connectivity index (χ4n) is 2.53. The molecule has 2 heterocycles. The van der Waals surface area contributed by atoms with Crippen LogP contribution < -0.4 is 9.64 Å². The maximum Gasteiger partial charge on any atom is 0.229 e. The van der Waals surface area contributed by atoms with Crippen LogP contribution in [0.1, 0.15) is 18.6 Å². The van der Waals surface area contributed by atoms with Gasteiger partial charge in [-0.3, -0.25) is 0 Å². The number of hydrogen-bond donors (Lipinski definition) is 0. The van der Waals surface area contributed by atoms with Crippen molar-refractivity contribution in [1.29, 1.82) is 0 Å². The Balaban J connectivity index is 1.84. The Morgan fingerprint density at radius 1 is 1.36 bits per heavy atom. The number of ether oxygens (including phenoxy) is 2. The largest absolute Gasteiger partial charge is 0.481 e. The van der Waals surface area contributed by atoms with Gasteiger partial charge in [0.15, 0.2) is 0 Å². The Labute approximate surface area is 134 Å². The van der Waals surface area contributed by atoms with Gasteiger partial charge in [-0.2, -0.15) is 4.98 Å².